The Balaban J connectivity index is 2.41. The molecule has 0 aliphatic carbocycles. The molecule has 1 aromatic rings. The minimum Gasteiger partial charge on any atom is -0.315 e. The maximum absolute atomic E-state index is 12.7. The van der Waals surface area contributed by atoms with Crippen LogP contribution in [-0.4, -0.2) is 48.4 Å². The number of sulfonamides is 1. The van der Waals surface area contributed by atoms with Gasteiger partial charge < -0.3 is 10.3 Å². The molecule has 1 unspecified atom stereocenters. The lowest BCUT2D eigenvalue weighted by molar-refractivity contribution is 0.265. The molecule has 0 radical (unpaired) electrons. The zero-order chi connectivity index (χ0) is 15.5. The van der Waals surface area contributed by atoms with Gasteiger partial charge in [0.1, 0.15) is 0 Å². The van der Waals surface area contributed by atoms with Gasteiger partial charge in [0, 0.05) is 25.3 Å². The molecule has 3 N–H and O–H groups in total. The third-order valence-electron chi connectivity index (χ3n) is 3.49. The molecule has 2 heterocycles. The highest BCUT2D eigenvalue weighted by Gasteiger charge is 2.33. The first-order chi connectivity index (χ1) is 9.96. The van der Waals surface area contributed by atoms with Crippen LogP contribution >= 0.6 is 0 Å². The van der Waals surface area contributed by atoms with Gasteiger partial charge in [-0.1, -0.05) is 6.92 Å². The molecule has 118 valence electrons. The minimum absolute atomic E-state index is 0.171. The Bertz CT molecular complexity index is 688. The van der Waals surface area contributed by atoms with Crippen molar-refractivity contribution in [1.82, 2.24) is 19.6 Å². The number of aromatic amines is 2. The van der Waals surface area contributed by atoms with Crippen molar-refractivity contribution < 1.29 is 8.42 Å². The second kappa shape index (κ2) is 6.54. The SMILES string of the molecule is CCCN(C1CCCNC1)S(=O)(=O)c1c[nH]c(=O)[nH]c1=O. The number of aromatic nitrogens is 2. The largest absolute Gasteiger partial charge is 0.325 e. The van der Waals surface area contributed by atoms with Gasteiger partial charge in [-0.2, -0.15) is 4.31 Å². The third-order valence-corrected chi connectivity index (χ3v) is 5.45. The van der Waals surface area contributed by atoms with Crippen molar-refractivity contribution in [3.63, 3.8) is 0 Å². The van der Waals surface area contributed by atoms with Crippen LogP contribution in [0.2, 0.25) is 0 Å². The molecular weight excluding hydrogens is 296 g/mol. The molecule has 1 aromatic heterocycles. The summed E-state index contributed by atoms with van der Waals surface area (Å²) >= 11 is 0. The highest BCUT2D eigenvalue weighted by molar-refractivity contribution is 7.89. The summed E-state index contributed by atoms with van der Waals surface area (Å²) in [6.07, 6.45) is 3.27. The molecule has 0 spiro atoms. The van der Waals surface area contributed by atoms with Gasteiger partial charge in [0.25, 0.3) is 5.56 Å². The number of H-pyrrole nitrogens is 2. The predicted molar refractivity (Wildman–Crippen MR) is 77.8 cm³/mol. The molecule has 0 amide bonds. The number of nitrogens with one attached hydrogen (secondary N) is 3. The van der Waals surface area contributed by atoms with E-state index in [0.717, 1.165) is 25.6 Å². The van der Waals surface area contributed by atoms with Crippen LogP contribution in [0.15, 0.2) is 20.7 Å². The van der Waals surface area contributed by atoms with Crippen LogP contribution in [-0.2, 0) is 10.0 Å². The van der Waals surface area contributed by atoms with Crippen LogP contribution < -0.4 is 16.6 Å². The fraction of sp³-hybridized carbons (Fsp3) is 0.667. The fourth-order valence-electron chi connectivity index (χ4n) is 2.51. The van der Waals surface area contributed by atoms with E-state index in [1.807, 2.05) is 11.9 Å². The molecule has 1 aliphatic heterocycles. The molecular formula is C12H20N4O4S. The number of hydrogen-bond acceptors (Lipinski definition) is 5. The highest BCUT2D eigenvalue weighted by Crippen LogP contribution is 2.19. The van der Waals surface area contributed by atoms with E-state index in [4.69, 9.17) is 0 Å². The summed E-state index contributed by atoms with van der Waals surface area (Å²) in [4.78, 5) is 26.6. The molecule has 8 nitrogen and oxygen atoms in total. The van der Waals surface area contributed by atoms with Crippen molar-refractivity contribution in [2.45, 2.75) is 37.1 Å². The summed E-state index contributed by atoms with van der Waals surface area (Å²) in [5, 5.41) is 3.17. The van der Waals surface area contributed by atoms with Gasteiger partial charge in [0.15, 0.2) is 4.90 Å². The summed E-state index contributed by atoms with van der Waals surface area (Å²) in [5.41, 5.74) is -1.61. The number of hydrogen-bond donors (Lipinski definition) is 3. The summed E-state index contributed by atoms with van der Waals surface area (Å²) in [6, 6.07) is -0.171. The van der Waals surface area contributed by atoms with Crippen LogP contribution in [0.1, 0.15) is 26.2 Å². The topological polar surface area (TPSA) is 115 Å². The molecule has 0 saturated carbocycles. The Morgan fingerprint density at radius 3 is 2.71 bits per heavy atom. The van der Waals surface area contributed by atoms with Gasteiger partial charge in [0.05, 0.1) is 0 Å². The maximum Gasteiger partial charge on any atom is 0.325 e. The van der Waals surface area contributed by atoms with E-state index in [-0.39, 0.29) is 6.04 Å². The van der Waals surface area contributed by atoms with Crippen molar-refractivity contribution in [2.24, 2.45) is 0 Å². The summed E-state index contributed by atoms with van der Waals surface area (Å²) in [7, 11) is -3.93. The quantitative estimate of drug-likeness (QED) is 0.659. The van der Waals surface area contributed by atoms with Gasteiger partial charge >= 0.3 is 5.69 Å². The van der Waals surface area contributed by atoms with Crippen molar-refractivity contribution >= 4 is 10.0 Å². The van der Waals surface area contributed by atoms with E-state index in [1.54, 1.807) is 0 Å². The standard InChI is InChI=1S/C12H20N4O4S/c1-2-6-16(9-4-3-5-13-7-9)21(19,20)10-8-14-12(18)15-11(10)17/h8-9,13H,2-7H2,1H3,(H2,14,15,17,18). The van der Waals surface area contributed by atoms with E-state index in [2.05, 4.69) is 10.3 Å². The molecule has 21 heavy (non-hydrogen) atoms. The Hall–Kier alpha value is -1.45. The van der Waals surface area contributed by atoms with E-state index in [9.17, 15) is 18.0 Å². The van der Waals surface area contributed by atoms with Crippen LogP contribution in [0.25, 0.3) is 0 Å². The second-order valence-electron chi connectivity index (χ2n) is 5.05. The molecule has 0 aromatic carbocycles. The first-order valence-corrected chi connectivity index (χ1v) is 8.45. The first kappa shape index (κ1) is 15.9. The highest BCUT2D eigenvalue weighted by atomic mass is 32.2. The average Bonchev–Trinajstić information content (AvgIpc) is 2.45. The lowest BCUT2D eigenvalue weighted by Gasteiger charge is -2.33. The van der Waals surface area contributed by atoms with E-state index in [1.165, 1.54) is 4.31 Å². The first-order valence-electron chi connectivity index (χ1n) is 7.01. The van der Waals surface area contributed by atoms with Crippen LogP contribution in [0.3, 0.4) is 0 Å². The van der Waals surface area contributed by atoms with Crippen molar-refractivity contribution in [3.05, 3.63) is 27.0 Å². The van der Waals surface area contributed by atoms with Crippen LogP contribution in [0.5, 0.6) is 0 Å². The molecule has 1 saturated heterocycles. The number of piperidine rings is 1. The van der Waals surface area contributed by atoms with E-state index in [0.29, 0.717) is 19.5 Å². The zero-order valence-corrected chi connectivity index (χ0v) is 12.7. The Morgan fingerprint density at radius 2 is 2.14 bits per heavy atom. The molecule has 9 heteroatoms. The molecule has 1 atom stereocenters. The third kappa shape index (κ3) is 3.42. The lowest BCUT2D eigenvalue weighted by Crippen LogP contribution is -2.50. The van der Waals surface area contributed by atoms with Crippen molar-refractivity contribution in [3.8, 4) is 0 Å². The monoisotopic (exact) mass is 316 g/mol. The van der Waals surface area contributed by atoms with Gasteiger partial charge in [0.2, 0.25) is 10.0 Å². The van der Waals surface area contributed by atoms with Crippen molar-refractivity contribution in [2.75, 3.05) is 19.6 Å². The molecule has 1 aliphatic rings. The minimum atomic E-state index is -3.93. The van der Waals surface area contributed by atoms with Crippen LogP contribution in [0.4, 0.5) is 0 Å². The van der Waals surface area contributed by atoms with Gasteiger partial charge in [-0.25, -0.2) is 13.2 Å². The van der Waals surface area contributed by atoms with Gasteiger partial charge in [-0.3, -0.25) is 9.78 Å². The normalized spacial score (nSPS) is 19.8. The number of rotatable bonds is 5. The van der Waals surface area contributed by atoms with Gasteiger partial charge in [-0.15, -0.1) is 0 Å². The average molecular weight is 316 g/mol. The summed E-state index contributed by atoms with van der Waals surface area (Å²) in [6.45, 7) is 3.67. The van der Waals surface area contributed by atoms with Crippen molar-refractivity contribution in [1.29, 1.82) is 0 Å². The summed E-state index contributed by atoms with van der Waals surface area (Å²) < 4.78 is 26.8. The Labute approximate surface area is 122 Å². The summed E-state index contributed by atoms with van der Waals surface area (Å²) in [5.74, 6) is 0. The second-order valence-corrected chi connectivity index (χ2v) is 6.91. The predicted octanol–water partition coefficient (Wildman–Crippen LogP) is -0.784. The zero-order valence-electron chi connectivity index (χ0n) is 11.9. The smallest absolute Gasteiger partial charge is 0.315 e. The Kier molecular flexibility index (Phi) is 4.96. The van der Waals surface area contributed by atoms with Gasteiger partial charge in [-0.05, 0) is 25.8 Å². The number of nitrogens with zero attached hydrogens (tertiary/aromatic N) is 1. The van der Waals surface area contributed by atoms with E-state index < -0.39 is 26.2 Å². The fourth-order valence-corrected chi connectivity index (χ4v) is 4.26. The lowest BCUT2D eigenvalue weighted by atomic mass is 10.1. The maximum atomic E-state index is 12.7. The van der Waals surface area contributed by atoms with E-state index >= 15 is 0 Å². The molecule has 2 rings (SSSR count). The molecule has 1 fully saturated rings. The Morgan fingerprint density at radius 1 is 1.38 bits per heavy atom. The van der Waals surface area contributed by atoms with Crippen LogP contribution in [0, 0.1) is 0 Å². The molecule has 0 bridgehead atoms.